The summed E-state index contributed by atoms with van der Waals surface area (Å²) < 4.78 is 1.79. The van der Waals surface area contributed by atoms with Crippen LogP contribution in [0.2, 0.25) is 0 Å². The Morgan fingerprint density at radius 1 is 1.53 bits per heavy atom. The number of rotatable bonds is 4. The van der Waals surface area contributed by atoms with Gasteiger partial charge in [-0.1, -0.05) is 40.0 Å². The van der Waals surface area contributed by atoms with Crippen LogP contribution < -0.4 is 5.73 Å². The molecule has 0 amide bonds. The van der Waals surface area contributed by atoms with Crippen LogP contribution in [0.3, 0.4) is 0 Å². The van der Waals surface area contributed by atoms with E-state index in [-0.39, 0.29) is 6.54 Å². The van der Waals surface area contributed by atoms with Gasteiger partial charge in [-0.3, -0.25) is 0 Å². The number of para-hydroxylation sites is 1. The molecule has 0 fully saturated rings. The molecule has 1 unspecified atom stereocenters. The van der Waals surface area contributed by atoms with E-state index in [1.54, 1.807) is 4.57 Å². The van der Waals surface area contributed by atoms with Crippen LogP contribution in [0.4, 0.5) is 0 Å². The van der Waals surface area contributed by atoms with E-state index in [4.69, 9.17) is 17.3 Å². The minimum atomic E-state index is -1.70. The molecular weight excluding hydrogens is 308 g/mol. The number of halogens is 1. The fourth-order valence-electron chi connectivity index (χ4n) is 2.00. The lowest BCUT2D eigenvalue weighted by Crippen LogP contribution is -2.50. The molecule has 1 aromatic carbocycles. The van der Waals surface area contributed by atoms with Crippen LogP contribution in [0.25, 0.3) is 10.9 Å². The van der Waals surface area contributed by atoms with Gasteiger partial charge in [0.2, 0.25) is 0 Å². The summed E-state index contributed by atoms with van der Waals surface area (Å²) in [6.07, 6.45) is 7.14. The lowest BCUT2D eigenvalue weighted by atomic mass is 10.0. The Balaban J connectivity index is 2.53. The largest absolute Gasteiger partial charge is 0.479 e. The number of benzene rings is 1. The quantitative estimate of drug-likeness (QED) is 0.668. The highest BCUT2D eigenvalue weighted by atomic mass is 79.9. The summed E-state index contributed by atoms with van der Waals surface area (Å²) in [7, 11) is 0. The molecule has 1 aromatic heterocycles. The van der Waals surface area contributed by atoms with Crippen molar-refractivity contribution in [3.8, 4) is 12.3 Å². The second-order valence-corrected chi connectivity index (χ2v) is 4.91. The number of carbonyl (C=O) groups is 1. The van der Waals surface area contributed by atoms with Crippen molar-refractivity contribution < 1.29 is 9.90 Å². The first kappa shape index (κ1) is 13.7. The van der Waals surface area contributed by atoms with Crippen LogP contribution in [-0.2, 0) is 16.7 Å². The molecule has 98 valence electrons. The van der Waals surface area contributed by atoms with Crippen LogP contribution >= 0.6 is 15.9 Å². The smallest absolute Gasteiger partial charge is 0.338 e. The number of hydrogen-bond acceptors (Lipinski definition) is 2. The molecule has 0 saturated heterocycles. The first-order valence-electron chi connectivity index (χ1n) is 5.64. The molecule has 0 aliphatic heterocycles. The number of aliphatic carboxylic acids is 1. The van der Waals surface area contributed by atoms with Gasteiger partial charge in [0.15, 0.2) is 5.54 Å². The molecular formula is C14H13BrN2O2. The fraction of sp³-hybridized carbons (Fsp3) is 0.214. The van der Waals surface area contributed by atoms with E-state index in [0.29, 0.717) is 5.33 Å². The third kappa shape index (κ3) is 2.37. The van der Waals surface area contributed by atoms with Crippen molar-refractivity contribution in [3.63, 3.8) is 0 Å². The molecule has 1 heterocycles. The Morgan fingerprint density at radius 2 is 2.21 bits per heavy atom. The highest BCUT2D eigenvalue weighted by Gasteiger charge is 2.32. The second-order valence-electron chi connectivity index (χ2n) is 4.35. The van der Waals surface area contributed by atoms with Gasteiger partial charge in [0.05, 0.1) is 6.54 Å². The average Bonchev–Trinajstić information content (AvgIpc) is 2.76. The van der Waals surface area contributed by atoms with E-state index in [2.05, 4.69) is 21.9 Å². The number of nitrogens with two attached hydrogens (primary N) is 1. The maximum atomic E-state index is 11.2. The Hall–Kier alpha value is -1.77. The third-order valence-corrected chi connectivity index (χ3v) is 3.68. The van der Waals surface area contributed by atoms with Crippen LogP contribution in [0.5, 0.6) is 0 Å². The van der Waals surface area contributed by atoms with E-state index in [1.807, 2.05) is 30.5 Å². The van der Waals surface area contributed by atoms with Crippen molar-refractivity contribution in [2.75, 3.05) is 0 Å². The normalized spacial score (nSPS) is 13.9. The molecule has 19 heavy (non-hydrogen) atoms. The van der Waals surface area contributed by atoms with E-state index >= 15 is 0 Å². The summed E-state index contributed by atoms with van der Waals surface area (Å²) in [5, 5.41) is 10.9. The van der Waals surface area contributed by atoms with Gasteiger partial charge in [-0.2, -0.15) is 0 Å². The zero-order valence-electron chi connectivity index (χ0n) is 10.1. The molecule has 3 N–H and O–H groups in total. The van der Waals surface area contributed by atoms with Gasteiger partial charge >= 0.3 is 5.97 Å². The number of aromatic nitrogens is 1. The van der Waals surface area contributed by atoms with E-state index in [1.165, 1.54) is 0 Å². The molecule has 2 aromatic rings. The topological polar surface area (TPSA) is 68.2 Å². The lowest BCUT2D eigenvalue weighted by Gasteiger charge is -2.19. The molecule has 0 aliphatic rings. The maximum Gasteiger partial charge on any atom is 0.338 e. The van der Waals surface area contributed by atoms with Gasteiger partial charge in [-0.15, -0.1) is 6.42 Å². The molecule has 0 spiro atoms. The van der Waals surface area contributed by atoms with Gasteiger partial charge in [-0.25, -0.2) is 4.79 Å². The third-order valence-electron chi connectivity index (χ3n) is 3.07. The highest BCUT2D eigenvalue weighted by Crippen LogP contribution is 2.24. The summed E-state index contributed by atoms with van der Waals surface area (Å²) >= 11 is 3.42. The molecule has 0 saturated carbocycles. The fourth-order valence-corrected chi connectivity index (χ4v) is 2.45. The predicted molar refractivity (Wildman–Crippen MR) is 78.0 cm³/mol. The number of hydrogen-bond donors (Lipinski definition) is 2. The van der Waals surface area contributed by atoms with Crippen molar-refractivity contribution in [3.05, 3.63) is 36.0 Å². The first-order valence-corrected chi connectivity index (χ1v) is 6.76. The summed E-state index contributed by atoms with van der Waals surface area (Å²) in [5.74, 6) is 0.963. The number of alkyl halides is 1. The van der Waals surface area contributed by atoms with Crippen molar-refractivity contribution in [2.24, 2.45) is 5.73 Å². The highest BCUT2D eigenvalue weighted by molar-refractivity contribution is 9.08. The SMILES string of the molecule is C#CC(N)(Cn1cc(CBr)c2ccccc21)C(=O)O. The van der Waals surface area contributed by atoms with Crippen molar-refractivity contribution in [1.82, 2.24) is 4.57 Å². The number of terminal acetylenes is 1. The molecule has 0 bridgehead atoms. The van der Waals surface area contributed by atoms with Crippen molar-refractivity contribution >= 4 is 32.8 Å². The van der Waals surface area contributed by atoms with Crippen LogP contribution in [-0.4, -0.2) is 21.2 Å². The van der Waals surface area contributed by atoms with Gasteiger partial charge in [0.25, 0.3) is 0 Å². The molecule has 5 heteroatoms. The predicted octanol–water partition coefficient (Wildman–Crippen LogP) is 1.95. The monoisotopic (exact) mass is 320 g/mol. The number of fused-ring (bicyclic) bond motifs is 1. The average molecular weight is 321 g/mol. The summed E-state index contributed by atoms with van der Waals surface area (Å²) in [6, 6.07) is 7.73. The number of carboxylic acid groups (broad SMARTS) is 1. The lowest BCUT2D eigenvalue weighted by molar-refractivity contribution is -0.141. The van der Waals surface area contributed by atoms with Crippen molar-refractivity contribution in [1.29, 1.82) is 0 Å². The summed E-state index contributed by atoms with van der Waals surface area (Å²) in [6.45, 7) is 0.0341. The second kappa shape index (κ2) is 5.08. The minimum absolute atomic E-state index is 0.0341. The Morgan fingerprint density at radius 3 is 2.79 bits per heavy atom. The number of nitrogens with zero attached hydrogens (tertiary/aromatic N) is 1. The van der Waals surface area contributed by atoms with Crippen molar-refractivity contribution in [2.45, 2.75) is 17.4 Å². The van der Waals surface area contributed by atoms with Crippen LogP contribution in [0.1, 0.15) is 5.56 Å². The first-order chi connectivity index (χ1) is 9.01. The standard InChI is InChI=1S/C14H13BrN2O2/c1-2-14(16,13(18)19)9-17-8-10(7-15)11-5-3-4-6-12(11)17/h1,3-6,8H,7,9,16H2,(H,18,19). The number of carboxylic acids is 1. The maximum absolute atomic E-state index is 11.2. The van der Waals surface area contributed by atoms with Gasteiger partial charge in [0.1, 0.15) is 0 Å². The molecule has 2 rings (SSSR count). The van der Waals surface area contributed by atoms with E-state index in [9.17, 15) is 4.79 Å². The van der Waals surface area contributed by atoms with Crippen LogP contribution in [0.15, 0.2) is 30.5 Å². The molecule has 0 aliphatic carbocycles. The Kier molecular flexibility index (Phi) is 3.65. The van der Waals surface area contributed by atoms with Gasteiger partial charge in [0, 0.05) is 22.4 Å². The van der Waals surface area contributed by atoms with Gasteiger partial charge < -0.3 is 15.4 Å². The minimum Gasteiger partial charge on any atom is -0.479 e. The Bertz CT molecular complexity index is 672. The zero-order chi connectivity index (χ0) is 14.0. The van der Waals surface area contributed by atoms with E-state index < -0.39 is 11.5 Å². The summed E-state index contributed by atoms with van der Waals surface area (Å²) in [5.41, 5.74) is 6.03. The zero-order valence-corrected chi connectivity index (χ0v) is 11.7. The molecule has 0 radical (unpaired) electrons. The molecule has 4 nitrogen and oxygen atoms in total. The molecule has 1 atom stereocenters. The Labute approximate surface area is 119 Å². The van der Waals surface area contributed by atoms with Crippen LogP contribution in [0, 0.1) is 12.3 Å². The summed E-state index contributed by atoms with van der Waals surface area (Å²) in [4.78, 5) is 11.2. The van der Waals surface area contributed by atoms with Gasteiger partial charge in [-0.05, 0) is 11.6 Å². The van der Waals surface area contributed by atoms with E-state index in [0.717, 1.165) is 16.5 Å².